The van der Waals surface area contributed by atoms with Crippen LogP contribution >= 0.6 is 0 Å². The zero-order valence-electron chi connectivity index (χ0n) is 22.2. The first-order valence-electron chi connectivity index (χ1n) is 13.6. The first-order chi connectivity index (χ1) is 19.1. The van der Waals surface area contributed by atoms with Crippen LogP contribution in [0.15, 0.2) is 60.8 Å². The highest BCUT2D eigenvalue weighted by molar-refractivity contribution is 5.97. The molecule has 9 heteroatoms. The molecule has 0 saturated carbocycles. The van der Waals surface area contributed by atoms with Gasteiger partial charge in [-0.1, -0.05) is 24.3 Å². The molecule has 4 heterocycles. The number of aromatic nitrogens is 3. The number of piperazine rings is 1. The summed E-state index contributed by atoms with van der Waals surface area (Å²) in [7, 11) is 2.13. The predicted octanol–water partition coefficient (Wildman–Crippen LogP) is 3.27. The summed E-state index contributed by atoms with van der Waals surface area (Å²) in [6, 6.07) is 18.6. The van der Waals surface area contributed by atoms with E-state index in [1.54, 1.807) is 0 Å². The standard InChI is InChI=1S/C30H34N6O3/c1-34-11-12-36(25(20-34)10-15-37)24-8-6-22(7-9-24)28-18-26-27(19-31-29(26)33-32-28)21-2-4-23(5-3-21)30(38)35-13-16-39-17-14-35/h2-9,18-19,25,37H,10-17,20H2,1H3,(H,31,33). The number of nitrogens with one attached hydrogen (secondary N) is 1. The van der Waals surface area contributed by atoms with Crippen molar-refractivity contribution in [1.29, 1.82) is 0 Å². The van der Waals surface area contributed by atoms with Crippen molar-refractivity contribution in [3.63, 3.8) is 0 Å². The average Bonchev–Trinajstić information content (AvgIpc) is 3.41. The van der Waals surface area contributed by atoms with Gasteiger partial charge in [0, 0.05) is 79.3 Å². The van der Waals surface area contributed by atoms with Crippen LogP contribution < -0.4 is 4.90 Å². The summed E-state index contributed by atoms with van der Waals surface area (Å²) in [6.45, 7) is 5.52. The molecule has 0 aliphatic carbocycles. The van der Waals surface area contributed by atoms with Crippen LogP contribution in [0.1, 0.15) is 16.8 Å². The first kappa shape index (κ1) is 25.5. The van der Waals surface area contributed by atoms with Gasteiger partial charge in [-0.3, -0.25) is 4.79 Å². The molecule has 4 aromatic rings. The largest absolute Gasteiger partial charge is 0.396 e. The minimum atomic E-state index is 0.0413. The topological polar surface area (TPSA) is 97.8 Å². The summed E-state index contributed by atoms with van der Waals surface area (Å²) >= 11 is 0. The second kappa shape index (κ2) is 11.1. The van der Waals surface area contributed by atoms with Gasteiger partial charge in [-0.2, -0.15) is 0 Å². The van der Waals surface area contributed by atoms with Gasteiger partial charge in [-0.05, 0) is 49.4 Å². The molecular weight excluding hydrogens is 492 g/mol. The number of aliphatic hydroxyl groups excluding tert-OH is 1. The van der Waals surface area contributed by atoms with Crippen molar-refractivity contribution < 1.29 is 14.6 Å². The molecule has 2 aromatic carbocycles. The molecule has 1 amide bonds. The number of nitrogens with zero attached hydrogens (tertiary/aromatic N) is 5. The van der Waals surface area contributed by atoms with E-state index in [-0.39, 0.29) is 12.5 Å². The van der Waals surface area contributed by atoms with Crippen molar-refractivity contribution in [3.8, 4) is 22.4 Å². The summed E-state index contributed by atoms with van der Waals surface area (Å²) in [5.41, 5.74) is 6.41. The Kier molecular flexibility index (Phi) is 7.28. The zero-order chi connectivity index (χ0) is 26.8. The van der Waals surface area contributed by atoms with Crippen molar-refractivity contribution in [1.82, 2.24) is 25.0 Å². The van der Waals surface area contributed by atoms with Gasteiger partial charge in [0.1, 0.15) is 0 Å². The number of benzene rings is 2. The molecule has 1 atom stereocenters. The highest BCUT2D eigenvalue weighted by Gasteiger charge is 2.25. The summed E-state index contributed by atoms with van der Waals surface area (Å²) < 4.78 is 5.37. The number of morpholine rings is 1. The third-order valence-corrected chi connectivity index (χ3v) is 7.82. The van der Waals surface area contributed by atoms with Crippen molar-refractivity contribution in [3.05, 3.63) is 66.4 Å². The molecule has 2 saturated heterocycles. The van der Waals surface area contributed by atoms with E-state index < -0.39 is 0 Å². The number of hydrogen-bond acceptors (Lipinski definition) is 7. The number of ether oxygens (including phenoxy) is 1. The molecule has 9 nitrogen and oxygen atoms in total. The lowest BCUT2D eigenvalue weighted by Crippen LogP contribution is -2.52. The minimum absolute atomic E-state index is 0.0413. The van der Waals surface area contributed by atoms with E-state index in [1.165, 1.54) is 0 Å². The van der Waals surface area contributed by atoms with Gasteiger partial charge in [0.25, 0.3) is 5.91 Å². The summed E-state index contributed by atoms with van der Waals surface area (Å²) in [5, 5.41) is 19.4. The molecule has 202 valence electrons. The van der Waals surface area contributed by atoms with Gasteiger partial charge in [-0.25, -0.2) is 0 Å². The monoisotopic (exact) mass is 526 g/mol. The number of anilines is 1. The molecule has 2 aliphatic rings. The molecular formula is C30H34N6O3. The van der Waals surface area contributed by atoms with Gasteiger partial charge in [-0.15, -0.1) is 10.2 Å². The minimum Gasteiger partial charge on any atom is -0.396 e. The summed E-state index contributed by atoms with van der Waals surface area (Å²) in [5.74, 6) is 0.0413. The van der Waals surface area contributed by atoms with Crippen LogP contribution in [0.4, 0.5) is 5.69 Å². The molecule has 6 rings (SSSR count). The Morgan fingerprint density at radius 1 is 1.00 bits per heavy atom. The Labute approximate surface area is 228 Å². The summed E-state index contributed by atoms with van der Waals surface area (Å²) in [4.78, 5) is 22.6. The predicted molar refractivity (Wildman–Crippen MR) is 152 cm³/mol. The van der Waals surface area contributed by atoms with Crippen molar-refractivity contribution in [2.24, 2.45) is 0 Å². The van der Waals surface area contributed by atoms with E-state index >= 15 is 0 Å². The fourth-order valence-corrected chi connectivity index (χ4v) is 5.61. The number of aliphatic hydroxyl groups is 1. The van der Waals surface area contributed by atoms with Crippen LogP contribution in [-0.4, -0.2) is 102 Å². The van der Waals surface area contributed by atoms with Gasteiger partial charge in [0.2, 0.25) is 0 Å². The first-order valence-corrected chi connectivity index (χ1v) is 13.6. The van der Waals surface area contributed by atoms with Gasteiger partial charge >= 0.3 is 0 Å². The van der Waals surface area contributed by atoms with E-state index in [1.807, 2.05) is 35.4 Å². The number of H-pyrrole nitrogens is 1. The fourth-order valence-electron chi connectivity index (χ4n) is 5.61. The second-order valence-electron chi connectivity index (χ2n) is 10.3. The fraction of sp³-hybridized carbons (Fsp3) is 0.367. The number of hydrogen-bond donors (Lipinski definition) is 2. The zero-order valence-corrected chi connectivity index (χ0v) is 22.2. The number of likely N-dealkylation sites (N-methyl/N-ethyl adjacent to an activating group) is 1. The third kappa shape index (κ3) is 5.25. The lowest BCUT2D eigenvalue weighted by molar-refractivity contribution is 0.0303. The number of carbonyl (C=O) groups is 1. The molecule has 0 bridgehead atoms. The Bertz CT molecular complexity index is 1430. The van der Waals surface area contributed by atoms with Crippen molar-refractivity contribution >= 4 is 22.6 Å². The van der Waals surface area contributed by atoms with Crippen LogP contribution in [0, 0.1) is 0 Å². The van der Waals surface area contributed by atoms with E-state index in [0.29, 0.717) is 37.9 Å². The molecule has 1 unspecified atom stereocenters. The SMILES string of the molecule is CN1CCN(c2ccc(-c3cc4c(-c5ccc(C(=O)N6CCOCC6)cc5)c[nH]c4nn3)cc2)C(CCO)C1. The molecule has 2 fully saturated rings. The maximum atomic E-state index is 12.8. The van der Waals surface area contributed by atoms with Crippen molar-refractivity contribution in [2.45, 2.75) is 12.5 Å². The summed E-state index contributed by atoms with van der Waals surface area (Å²) in [6.07, 6.45) is 2.70. The highest BCUT2D eigenvalue weighted by Crippen LogP contribution is 2.31. The van der Waals surface area contributed by atoms with Crippen LogP contribution in [0.3, 0.4) is 0 Å². The number of carbonyl (C=O) groups excluding carboxylic acids is 1. The Morgan fingerprint density at radius 3 is 2.49 bits per heavy atom. The molecule has 2 aromatic heterocycles. The lowest BCUT2D eigenvalue weighted by atomic mass is 10.0. The second-order valence-corrected chi connectivity index (χ2v) is 10.3. The number of aromatic amines is 1. The molecule has 0 spiro atoms. The molecule has 0 radical (unpaired) electrons. The molecule has 39 heavy (non-hydrogen) atoms. The number of fused-ring (bicyclic) bond motifs is 1. The highest BCUT2D eigenvalue weighted by atomic mass is 16.5. The lowest BCUT2D eigenvalue weighted by Gasteiger charge is -2.41. The Balaban J connectivity index is 1.23. The average molecular weight is 527 g/mol. The Morgan fingerprint density at radius 2 is 1.74 bits per heavy atom. The van der Waals surface area contributed by atoms with Gasteiger partial charge in [0.15, 0.2) is 5.65 Å². The molecule has 2 N–H and O–H groups in total. The van der Waals surface area contributed by atoms with Crippen LogP contribution in [0.2, 0.25) is 0 Å². The maximum Gasteiger partial charge on any atom is 0.254 e. The smallest absolute Gasteiger partial charge is 0.254 e. The van der Waals surface area contributed by atoms with Crippen LogP contribution in [-0.2, 0) is 4.74 Å². The Hall–Kier alpha value is -3.79. The quantitative estimate of drug-likeness (QED) is 0.398. The van der Waals surface area contributed by atoms with E-state index in [0.717, 1.165) is 65.2 Å². The normalized spacial score (nSPS) is 18.6. The van der Waals surface area contributed by atoms with E-state index in [9.17, 15) is 9.90 Å². The van der Waals surface area contributed by atoms with Gasteiger partial charge < -0.3 is 29.5 Å². The number of rotatable bonds is 6. The van der Waals surface area contributed by atoms with E-state index in [4.69, 9.17) is 4.74 Å². The molecule has 2 aliphatic heterocycles. The maximum absolute atomic E-state index is 12.8. The van der Waals surface area contributed by atoms with Crippen LogP contribution in [0.5, 0.6) is 0 Å². The third-order valence-electron chi connectivity index (χ3n) is 7.82. The van der Waals surface area contributed by atoms with Crippen LogP contribution in [0.25, 0.3) is 33.4 Å². The van der Waals surface area contributed by atoms with E-state index in [2.05, 4.69) is 62.4 Å². The van der Waals surface area contributed by atoms with Gasteiger partial charge in [0.05, 0.1) is 18.9 Å². The van der Waals surface area contributed by atoms with Crippen molar-refractivity contribution in [2.75, 3.05) is 64.5 Å². The number of amides is 1.